The first-order valence-corrected chi connectivity index (χ1v) is 12.9. The van der Waals surface area contributed by atoms with E-state index in [1.54, 1.807) is 31.9 Å². The molecule has 0 spiro atoms. The number of benzene rings is 1. The second-order valence-corrected chi connectivity index (χ2v) is 10.2. The van der Waals surface area contributed by atoms with Gasteiger partial charge in [-0.2, -0.15) is 0 Å². The largest absolute Gasteiger partial charge is 0.390 e. The molecule has 13 nitrogen and oxygen atoms in total. The zero-order valence-corrected chi connectivity index (χ0v) is 21.6. The van der Waals surface area contributed by atoms with E-state index in [9.17, 15) is 20.1 Å². The Balaban J connectivity index is 1.29. The summed E-state index contributed by atoms with van der Waals surface area (Å²) in [5.74, 6) is -2.42. The Morgan fingerprint density at radius 2 is 1.84 bits per heavy atom. The highest BCUT2D eigenvalue weighted by atomic mass is 16.8. The third kappa shape index (κ3) is 5.08. The normalized spacial score (nSPS) is 38.7. The molecular weight excluding hydrogens is 496 g/mol. The zero-order valence-electron chi connectivity index (χ0n) is 21.6. The number of rotatable bonds is 7. The summed E-state index contributed by atoms with van der Waals surface area (Å²) in [4.78, 5) is 13.0. The Bertz CT molecular complexity index is 1100. The van der Waals surface area contributed by atoms with E-state index in [1.165, 1.54) is 0 Å². The number of hydrogen-bond acceptors (Lipinski definition) is 11. The van der Waals surface area contributed by atoms with E-state index in [4.69, 9.17) is 14.2 Å². The van der Waals surface area contributed by atoms with Crippen LogP contribution in [0.2, 0.25) is 0 Å². The van der Waals surface area contributed by atoms with Gasteiger partial charge in [0.2, 0.25) is 18.0 Å². The molecule has 1 amide bonds. The first kappa shape index (κ1) is 27.1. The molecule has 3 aliphatic rings. The maximum Gasteiger partial charge on any atom is 0.239 e. The van der Waals surface area contributed by atoms with Gasteiger partial charge in [-0.15, -0.1) is 5.10 Å². The standard InChI is InChI=1S/C25H36N6O7/c1-13-9-16(28-17(32)10-15-12-31(30-29-15)11-14-7-5-4-6-8-14)25(35)24(36-13)37-23-21(34)18(26-2)20(33)19(27-3)22(23)38-25/h4-8,12-13,16,18-24,26-27,33-35H,9-11H2,1-3H3,(H,28,32)/t13-,16-,18-,19+,20+,21+,22?,23?,24?,25+/m1/s1. The molecule has 1 saturated carbocycles. The molecule has 1 aromatic heterocycles. The van der Waals surface area contributed by atoms with Gasteiger partial charge >= 0.3 is 0 Å². The molecular formula is C25H36N6O7. The highest BCUT2D eigenvalue weighted by Crippen LogP contribution is 2.42. The molecule has 6 N–H and O–H groups in total. The minimum Gasteiger partial charge on any atom is -0.390 e. The third-order valence-electron chi connectivity index (χ3n) is 7.60. The maximum atomic E-state index is 13.0. The quantitative estimate of drug-likeness (QED) is 0.230. The molecule has 38 heavy (non-hydrogen) atoms. The summed E-state index contributed by atoms with van der Waals surface area (Å²) in [6, 6.07) is 7.56. The first-order chi connectivity index (χ1) is 18.2. The van der Waals surface area contributed by atoms with Gasteiger partial charge in [0.15, 0.2) is 0 Å². The summed E-state index contributed by atoms with van der Waals surface area (Å²) in [5, 5.41) is 50.4. The number of amides is 1. The predicted molar refractivity (Wildman–Crippen MR) is 133 cm³/mol. The number of ether oxygens (including phenoxy) is 3. The van der Waals surface area contributed by atoms with Crippen LogP contribution in [0.3, 0.4) is 0 Å². The van der Waals surface area contributed by atoms with Gasteiger partial charge in [-0.3, -0.25) is 4.79 Å². The van der Waals surface area contributed by atoms with Crippen LogP contribution < -0.4 is 16.0 Å². The van der Waals surface area contributed by atoms with E-state index in [2.05, 4.69) is 26.3 Å². The Hall–Kier alpha value is -2.49. The van der Waals surface area contributed by atoms with Crippen LogP contribution in [0.5, 0.6) is 0 Å². The fraction of sp³-hybridized carbons (Fsp3) is 0.640. The SMILES string of the molecule is CN[C@@H]1[C@H](O)[C@H](NC)C2O[C@]3(O)C(OC2[C@H]1O)O[C@H](C)C[C@H]3NC(=O)Cc1cn(Cc2ccccc2)nn1. The highest BCUT2D eigenvalue weighted by Gasteiger charge is 2.63. The highest BCUT2D eigenvalue weighted by molar-refractivity contribution is 5.78. The third-order valence-corrected chi connectivity index (χ3v) is 7.60. The van der Waals surface area contributed by atoms with Crippen LogP contribution in [-0.2, 0) is 32.0 Å². The fourth-order valence-electron chi connectivity index (χ4n) is 5.69. The van der Waals surface area contributed by atoms with Crippen molar-refractivity contribution in [1.82, 2.24) is 30.9 Å². The average Bonchev–Trinajstić information content (AvgIpc) is 3.31. The minimum atomic E-state index is -2.05. The van der Waals surface area contributed by atoms with Crippen molar-refractivity contribution < 1.29 is 34.3 Å². The summed E-state index contributed by atoms with van der Waals surface area (Å²) in [6.45, 7) is 2.33. The fourth-order valence-corrected chi connectivity index (χ4v) is 5.69. The summed E-state index contributed by atoms with van der Waals surface area (Å²) in [6.07, 6.45) is -3.66. The van der Waals surface area contributed by atoms with Crippen molar-refractivity contribution in [3.8, 4) is 0 Å². The summed E-state index contributed by atoms with van der Waals surface area (Å²) in [5.41, 5.74) is 1.54. The van der Waals surface area contributed by atoms with Gasteiger partial charge in [0.05, 0.1) is 49.0 Å². The number of aliphatic hydroxyl groups excluding tert-OH is 2. The monoisotopic (exact) mass is 532 g/mol. The number of likely N-dealkylation sites (N-methyl/N-ethyl adjacent to an activating group) is 2. The molecule has 1 aliphatic carbocycles. The zero-order chi connectivity index (χ0) is 27.0. The van der Waals surface area contributed by atoms with Crippen molar-refractivity contribution in [3.63, 3.8) is 0 Å². The number of carbonyl (C=O) groups is 1. The summed E-state index contributed by atoms with van der Waals surface area (Å²) in [7, 11) is 3.29. The summed E-state index contributed by atoms with van der Waals surface area (Å²) < 4.78 is 19.7. The van der Waals surface area contributed by atoms with Gasteiger partial charge in [-0.25, -0.2) is 4.68 Å². The van der Waals surface area contributed by atoms with Crippen molar-refractivity contribution >= 4 is 5.91 Å². The number of nitrogens with zero attached hydrogens (tertiary/aromatic N) is 3. The van der Waals surface area contributed by atoms with E-state index in [-0.39, 0.29) is 24.9 Å². The Kier molecular flexibility index (Phi) is 7.80. The minimum absolute atomic E-state index is 0.0470. The van der Waals surface area contributed by atoms with Crippen molar-refractivity contribution in [2.75, 3.05) is 14.1 Å². The Morgan fingerprint density at radius 3 is 2.55 bits per heavy atom. The lowest BCUT2D eigenvalue weighted by Gasteiger charge is -2.58. The molecule has 0 bridgehead atoms. The van der Waals surface area contributed by atoms with Crippen LogP contribution in [-0.4, -0.2) is 111 Å². The molecule has 3 fully saturated rings. The molecule has 2 aliphatic heterocycles. The van der Waals surface area contributed by atoms with E-state index < -0.39 is 54.6 Å². The van der Waals surface area contributed by atoms with Gasteiger partial charge < -0.3 is 45.5 Å². The number of nitrogens with one attached hydrogen (secondary N) is 3. The number of aliphatic hydroxyl groups is 3. The van der Waals surface area contributed by atoms with Crippen LogP contribution in [0, 0.1) is 0 Å². The molecule has 0 radical (unpaired) electrons. The number of hydrogen-bond donors (Lipinski definition) is 6. The topological polar surface area (TPSA) is 172 Å². The van der Waals surface area contributed by atoms with Crippen LogP contribution in [0.15, 0.2) is 36.5 Å². The van der Waals surface area contributed by atoms with Crippen LogP contribution in [0.1, 0.15) is 24.6 Å². The molecule has 3 heterocycles. The van der Waals surface area contributed by atoms with E-state index in [0.717, 1.165) is 5.56 Å². The Morgan fingerprint density at radius 1 is 1.11 bits per heavy atom. The molecule has 2 saturated heterocycles. The molecule has 10 atom stereocenters. The second-order valence-electron chi connectivity index (χ2n) is 10.2. The van der Waals surface area contributed by atoms with Gasteiger partial charge in [0, 0.05) is 6.20 Å². The predicted octanol–water partition coefficient (Wildman–Crippen LogP) is -2.13. The van der Waals surface area contributed by atoms with Crippen LogP contribution >= 0.6 is 0 Å². The lowest BCUT2D eigenvalue weighted by Crippen LogP contribution is -2.79. The molecule has 208 valence electrons. The van der Waals surface area contributed by atoms with Crippen molar-refractivity contribution in [2.45, 2.75) is 87.0 Å². The first-order valence-electron chi connectivity index (χ1n) is 12.9. The summed E-state index contributed by atoms with van der Waals surface area (Å²) >= 11 is 0. The molecule has 13 heteroatoms. The van der Waals surface area contributed by atoms with Crippen LogP contribution in [0.25, 0.3) is 0 Å². The van der Waals surface area contributed by atoms with Gasteiger partial charge in [0.1, 0.15) is 18.3 Å². The van der Waals surface area contributed by atoms with Crippen LogP contribution in [0.4, 0.5) is 0 Å². The smallest absolute Gasteiger partial charge is 0.239 e. The molecule has 5 rings (SSSR count). The van der Waals surface area contributed by atoms with E-state index >= 15 is 0 Å². The maximum absolute atomic E-state index is 13.0. The lowest BCUT2D eigenvalue weighted by atomic mass is 9.79. The number of carbonyl (C=O) groups excluding carboxylic acids is 1. The molecule has 2 aromatic rings. The lowest BCUT2D eigenvalue weighted by molar-refractivity contribution is -0.449. The van der Waals surface area contributed by atoms with Crippen molar-refractivity contribution in [1.29, 1.82) is 0 Å². The van der Waals surface area contributed by atoms with E-state index in [1.807, 2.05) is 30.3 Å². The molecule has 1 aromatic carbocycles. The Labute approximate surface area is 220 Å². The van der Waals surface area contributed by atoms with Gasteiger partial charge in [0.25, 0.3) is 0 Å². The average molecular weight is 533 g/mol. The molecule has 3 unspecified atom stereocenters. The van der Waals surface area contributed by atoms with Gasteiger partial charge in [-0.05, 0) is 33.0 Å². The van der Waals surface area contributed by atoms with Crippen molar-refractivity contribution in [2.24, 2.45) is 0 Å². The van der Waals surface area contributed by atoms with Gasteiger partial charge in [-0.1, -0.05) is 35.5 Å². The number of fused-ring (bicyclic) bond motifs is 2. The van der Waals surface area contributed by atoms with Crippen molar-refractivity contribution in [3.05, 3.63) is 47.8 Å². The number of aromatic nitrogens is 3. The van der Waals surface area contributed by atoms with E-state index in [0.29, 0.717) is 12.2 Å². The second kappa shape index (κ2) is 10.9.